The molecule has 2 rings (SSSR count). The van der Waals surface area contributed by atoms with E-state index in [9.17, 15) is 9.59 Å². The van der Waals surface area contributed by atoms with E-state index in [2.05, 4.69) is 0 Å². The average Bonchev–Trinajstić information content (AvgIpc) is 2.63. The second kappa shape index (κ2) is 9.04. The zero-order chi connectivity index (χ0) is 19.0. The third kappa shape index (κ3) is 5.92. The van der Waals surface area contributed by atoms with Gasteiger partial charge in [0.1, 0.15) is 30.3 Å². The predicted octanol–water partition coefficient (Wildman–Crippen LogP) is 3.92. The molecule has 0 spiro atoms. The van der Waals surface area contributed by atoms with Crippen LogP contribution in [0, 0.1) is 5.41 Å². The number of para-hydroxylation sites is 2. The third-order valence-corrected chi connectivity index (χ3v) is 3.63. The van der Waals surface area contributed by atoms with Crippen molar-refractivity contribution in [3.8, 4) is 11.5 Å². The average molecular weight is 356 g/mol. The van der Waals surface area contributed by atoms with Crippen molar-refractivity contribution >= 4 is 11.8 Å². The monoisotopic (exact) mass is 356 g/mol. The van der Waals surface area contributed by atoms with Gasteiger partial charge in [0.2, 0.25) is 0 Å². The van der Waals surface area contributed by atoms with Crippen LogP contribution in [0.3, 0.4) is 0 Å². The first-order valence-electron chi connectivity index (χ1n) is 8.48. The van der Waals surface area contributed by atoms with Crippen LogP contribution in [0.5, 0.6) is 11.5 Å². The lowest BCUT2D eigenvalue weighted by atomic mass is 9.91. The molecule has 0 aliphatic carbocycles. The van der Waals surface area contributed by atoms with Gasteiger partial charge in [0.25, 0.3) is 0 Å². The lowest BCUT2D eigenvalue weighted by Gasteiger charge is -2.16. The van der Waals surface area contributed by atoms with E-state index in [-0.39, 0.29) is 24.6 Å². The number of hydrogen-bond donors (Lipinski definition) is 0. The normalized spacial score (nSPS) is 10.9. The summed E-state index contributed by atoms with van der Waals surface area (Å²) in [5, 5.41) is 0. The van der Waals surface area contributed by atoms with Gasteiger partial charge in [0.05, 0.1) is 0 Å². The summed E-state index contributed by atoms with van der Waals surface area (Å²) < 4.78 is 16.3. The Labute approximate surface area is 153 Å². The molecule has 0 saturated carbocycles. The molecule has 26 heavy (non-hydrogen) atoms. The van der Waals surface area contributed by atoms with Crippen LogP contribution in [-0.2, 0) is 9.53 Å². The van der Waals surface area contributed by atoms with Gasteiger partial charge < -0.3 is 14.2 Å². The van der Waals surface area contributed by atoms with Crippen LogP contribution in [0.15, 0.2) is 54.6 Å². The summed E-state index contributed by atoms with van der Waals surface area (Å²) in [5.74, 6) is 0.435. The van der Waals surface area contributed by atoms with Crippen LogP contribution in [-0.4, -0.2) is 31.6 Å². The summed E-state index contributed by atoms with van der Waals surface area (Å²) in [7, 11) is 0. The number of carbonyl (C=O) groups is 2. The van der Waals surface area contributed by atoms with Crippen molar-refractivity contribution in [3.05, 3.63) is 60.2 Å². The fraction of sp³-hybridized carbons (Fsp3) is 0.333. The van der Waals surface area contributed by atoms with E-state index in [0.717, 1.165) is 5.75 Å². The van der Waals surface area contributed by atoms with Crippen molar-refractivity contribution in [3.63, 3.8) is 0 Å². The van der Waals surface area contributed by atoms with Gasteiger partial charge in [-0.2, -0.15) is 0 Å². The molecule has 0 N–H and O–H groups in total. The van der Waals surface area contributed by atoms with Gasteiger partial charge in [-0.05, 0) is 24.3 Å². The summed E-state index contributed by atoms with van der Waals surface area (Å²) >= 11 is 0. The number of ether oxygens (including phenoxy) is 3. The Morgan fingerprint density at radius 2 is 1.46 bits per heavy atom. The number of Topliss-reactive ketones (excluding diaryl/α,β-unsaturated/α-hetero) is 1. The van der Waals surface area contributed by atoms with E-state index < -0.39 is 11.4 Å². The van der Waals surface area contributed by atoms with Gasteiger partial charge in [0, 0.05) is 5.41 Å². The molecule has 2 aromatic rings. The van der Waals surface area contributed by atoms with Crippen molar-refractivity contribution < 1.29 is 23.8 Å². The fourth-order valence-corrected chi connectivity index (χ4v) is 2.01. The van der Waals surface area contributed by atoms with Gasteiger partial charge in [-0.25, -0.2) is 4.79 Å². The Morgan fingerprint density at radius 3 is 2.15 bits per heavy atom. The Balaban J connectivity index is 1.88. The lowest BCUT2D eigenvalue weighted by molar-refractivity contribution is -0.129. The zero-order valence-electron chi connectivity index (χ0n) is 15.4. The van der Waals surface area contributed by atoms with E-state index in [1.54, 1.807) is 45.0 Å². The van der Waals surface area contributed by atoms with Crippen LogP contribution >= 0.6 is 0 Å². The molecule has 0 amide bonds. The maximum absolute atomic E-state index is 12.3. The minimum atomic E-state index is -0.581. The van der Waals surface area contributed by atoms with Crippen molar-refractivity contribution in [2.24, 2.45) is 5.41 Å². The summed E-state index contributed by atoms with van der Waals surface area (Å²) in [4.78, 5) is 24.2. The number of hydrogen-bond acceptors (Lipinski definition) is 5. The molecule has 0 fully saturated rings. The second-order valence-corrected chi connectivity index (χ2v) is 6.76. The van der Waals surface area contributed by atoms with Crippen LogP contribution in [0.1, 0.15) is 31.1 Å². The molecule has 2 aromatic carbocycles. The van der Waals surface area contributed by atoms with Gasteiger partial charge in [-0.15, -0.1) is 0 Å². The summed E-state index contributed by atoms with van der Waals surface area (Å²) in [6, 6.07) is 16.2. The van der Waals surface area contributed by atoms with Crippen molar-refractivity contribution in [1.82, 2.24) is 0 Å². The highest BCUT2D eigenvalue weighted by atomic mass is 16.5. The fourth-order valence-electron chi connectivity index (χ4n) is 2.01. The maximum Gasteiger partial charge on any atom is 0.342 e. The second-order valence-electron chi connectivity index (χ2n) is 6.76. The van der Waals surface area contributed by atoms with E-state index in [1.807, 2.05) is 30.3 Å². The molecule has 0 bridgehead atoms. The largest absolute Gasteiger partial charge is 0.490 e. The molecule has 0 atom stereocenters. The first-order chi connectivity index (χ1) is 12.4. The molecule has 0 unspecified atom stereocenters. The molecule has 0 radical (unpaired) electrons. The van der Waals surface area contributed by atoms with Crippen LogP contribution in [0.2, 0.25) is 0 Å². The third-order valence-electron chi connectivity index (χ3n) is 3.63. The Morgan fingerprint density at radius 1 is 0.846 bits per heavy atom. The molecule has 0 aliphatic rings. The van der Waals surface area contributed by atoms with Crippen LogP contribution in [0.25, 0.3) is 0 Å². The number of ketones is 1. The summed E-state index contributed by atoms with van der Waals surface area (Å²) in [5.41, 5.74) is -0.264. The Hall–Kier alpha value is -2.82. The van der Waals surface area contributed by atoms with E-state index in [0.29, 0.717) is 12.4 Å². The predicted molar refractivity (Wildman–Crippen MR) is 98.6 cm³/mol. The summed E-state index contributed by atoms with van der Waals surface area (Å²) in [6.45, 7) is 5.72. The van der Waals surface area contributed by atoms with Crippen molar-refractivity contribution in [2.45, 2.75) is 20.8 Å². The number of rotatable bonds is 8. The quantitative estimate of drug-likeness (QED) is 0.530. The number of benzene rings is 2. The molecule has 0 aromatic heterocycles. The van der Waals surface area contributed by atoms with Crippen molar-refractivity contribution in [1.29, 1.82) is 0 Å². The van der Waals surface area contributed by atoms with E-state index in [1.165, 1.54) is 0 Å². The van der Waals surface area contributed by atoms with E-state index >= 15 is 0 Å². The minimum Gasteiger partial charge on any atom is -0.490 e. The van der Waals surface area contributed by atoms with Crippen LogP contribution in [0.4, 0.5) is 0 Å². The van der Waals surface area contributed by atoms with E-state index in [4.69, 9.17) is 14.2 Å². The zero-order valence-corrected chi connectivity index (χ0v) is 15.4. The highest BCUT2D eigenvalue weighted by Crippen LogP contribution is 2.20. The van der Waals surface area contributed by atoms with Gasteiger partial charge in [0.15, 0.2) is 12.4 Å². The molecule has 5 heteroatoms. The summed E-state index contributed by atoms with van der Waals surface area (Å²) in [6.07, 6.45) is 0. The standard InChI is InChI=1S/C21H24O5/c1-21(2,3)19(22)15-26-20(23)17-11-7-8-12-18(17)25-14-13-24-16-9-5-4-6-10-16/h4-12H,13-15H2,1-3H3. The van der Waals surface area contributed by atoms with Crippen molar-refractivity contribution in [2.75, 3.05) is 19.8 Å². The van der Waals surface area contributed by atoms with Gasteiger partial charge >= 0.3 is 5.97 Å². The molecular formula is C21H24O5. The minimum absolute atomic E-state index is 0.138. The molecule has 0 heterocycles. The molecule has 138 valence electrons. The number of carbonyl (C=O) groups excluding carboxylic acids is 2. The van der Waals surface area contributed by atoms with Crippen LogP contribution < -0.4 is 9.47 Å². The highest BCUT2D eigenvalue weighted by molar-refractivity contribution is 5.94. The SMILES string of the molecule is CC(C)(C)C(=O)COC(=O)c1ccccc1OCCOc1ccccc1. The molecule has 0 saturated heterocycles. The highest BCUT2D eigenvalue weighted by Gasteiger charge is 2.23. The van der Waals surface area contributed by atoms with Gasteiger partial charge in [-0.3, -0.25) is 4.79 Å². The lowest BCUT2D eigenvalue weighted by Crippen LogP contribution is -2.26. The first-order valence-corrected chi connectivity index (χ1v) is 8.48. The molecular weight excluding hydrogens is 332 g/mol. The molecule has 5 nitrogen and oxygen atoms in total. The molecule has 0 aliphatic heterocycles. The Kier molecular flexibility index (Phi) is 6.78. The first kappa shape index (κ1) is 19.5. The number of esters is 1. The van der Waals surface area contributed by atoms with Gasteiger partial charge in [-0.1, -0.05) is 51.1 Å². The smallest absolute Gasteiger partial charge is 0.342 e. The maximum atomic E-state index is 12.3. The topological polar surface area (TPSA) is 61.8 Å². The Bertz CT molecular complexity index is 732.